The van der Waals surface area contributed by atoms with Gasteiger partial charge in [-0.05, 0) is 31.6 Å². The lowest BCUT2D eigenvalue weighted by atomic mass is 9.92. The van der Waals surface area contributed by atoms with Gasteiger partial charge in [-0.25, -0.2) is 0 Å². The number of nitrogens with two attached hydrogens (primary N) is 1. The highest BCUT2D eigenvalue weighted by Gasteiger charge is 2.36. The molecule has 0 spiro atoms. The van der Waals surface area contributed by atoms with Crippen molar-refractivity contribution < 1.29 is 0 Å². The van der Waals surface area contributed by atoms with Gasteiger partial charge >= 0.3 is 0 Å². The first kappa shape index (κ1) is 10.00. The van der Waals surface area contributed by atoms with E-state index >= 15 is 0 Å². The minimum Gasteiger partial charge on any atom is -0.394 e. The monoisotopic (exact) mass is 220 g/mol. The molecule has 1 aliphatic carbocycles. The molecule has 0 radical (unpaired) electrons. The summed E-state index contributed by atoms with van der Waals surface area (Å²) in [5.74, 6) is 1.90. The van der Waals surface area contributed by atoms with Gasteiger partial charge in [-0.2, -0.15) is 5.10 Å². The topological polar surface area (TPSA) is 47.1 Å². The highest BCUT2D eigenvalue weighted by atomic mass is 15.4. The number of anilines is 2. The molecule has 2 unspecified atom stereocenters. The van der Waals surface area contributed by atoms with Crippen molar-refractivity contribution in [2.24, 2.45) is 13.0 Å². The fourth-order valence-corrected chi connectivity index (χ4v) is 3.44. The number of aromatic nitrogens is 2. The summed E-state index contributed by atoms with van der Waals surface area (Å²) in [5, 5.41) is 4.51. The van der Waals surface area contributed by atoms with E-state index in [-0.39, 0.29) is 0 Å². The zero-order valence-corrected chi connectivity index (χ0v) is 9.89. The molecule has 2 fully saturated rings. The Morgan fingerprint density at radius 1 is 1.31 bits per heavy atom. The van der Waals surface area contributed by atoms with E-state index in [2.05, 4.69) is 10.00 Å². The summed E-state index contributed by atoms with van der Waals surface area (Å²) in [6, 6.07) is 0.700. The number of nitrogen functional groups attached to an aromatic ring is 1. The van der Waals surface area contributed by atoms with Gasteiger partial charge < -0.3 is 10.6 Å². The first-order valence-electron chi connectivity index (χ1n) is 6.31. The maximum Gasteiger partial charge on any atom is 0.174 e. The Hall–Kier alpha value is -1.19. The summed E-state index contributed by atoms with van der Waals surface area (Å²) in [6.45, 7) is 1.13. The van der Waals surface area contributed by atoms with Crippen LogP contribution in [0.1, 0.15) is 32.1 Å². The van der Waals surface area contributed by atoms with Crippen LogP contribution in [0.5, 0.6) is 0 Å². The van der Waals surface area contributed by atoms with Gasteiger partial charge in [0.25, 0.3) is 0 Å². The summed E-state index contributed by atoms with van der Waals surface area (Å²) in [7, 11) is 1.94. The summed E-state index contributed by atoms with van der Waals surface area (Å²) in [6.07, 6.45) is 8.69. The SMILES string of the molecule is Cn1cc(N)c(N2CCCC3CCCC32)n1. The molecule has 4 heteroatoms. The van der Waals surface area contributed by atoms with Gasteiger partial charge in [0.15, 0.2) is 5.82 Å². The molecule has 88 valence electrons. The Bertz CT molecular complexity index is 384. The number of hydrogen-bond acceptors (Lipinski definition) is 3. The number of piperidine rings is 1. The van der Waals surface area contributed by atoms with Gasteiger partial charge in [-0.15, -0.1) is 0 Å². The Kier molecular flexibility index (Phi) is 2.30. The van der Waals surface area contributed by atoms with E-state index in [0.717, 1.165) is 24.0 Å². The molecule has 0 bridgehead atoms. The molecule has 0 aromatic carbocycles. The Labute approximate surface area is 96.4 Å². The Balaban J connectivity index is 1.90. The lowest BCUT2D eigenvalue weighted by Gasteiger charge is -2.38. The number of rotatable bonds is 1. The van der Waals surface area contributed by atoms with Crippen molar-refractivity contribution in [1.82, 2.24) is 9.78 Å². The van der Waals surface area contributed by atoms with Crippen LogP contribution in [0.4, 0.5) is 11.5 Å². The number of nitrogens with zero attached hydrogens (tertiary/aromatic N) is 3. The van der Waals surface area contributed by atoms with Gasteiger partial charge in [0.2, 0.25) is 0 Å². The highest BCUT2D eigenvalue weighted by molar-refractivity contribution is 5.62. The predicted molar refractivity (Wildman–Crippen MR) is 65.3 cm³/mol. The molecule has 3 rings (SSSR count). The Morgan fingerprint density at radius 2 is 2.12 bits per heavy atom. The molecular formula is C12H20N4. The zero-order chi connectivity index (χ0) is 11.1. The van der Waals surface area contributed by atoms with Crippen LogP contribution in [0.3, 0.4) is 0 Å². The van der Waals surface area contributed by atoms with Crippen LogP contribution in [-0.4, -0.2) is 22.4 Å². The second kappa shape index (κ2) is 3.68. The molecule has 1 aromatic rings. The molecule has 1 aliphatic heterocycles. The van der Waals surface area contributed by atoms with Crippen LogP contribution >= 0.6 is 0 Å². The average Bonchev–Trinajstić information content (AvgIpc) is 2.84. The lowest BCUT2D eigenvalue weighted by Crippen LogP contribution is -2.43. The molecule has 4 nitrogen and oxygen atoms in total. The molecule has 1 saturated carbocycles. The van der Waals surface area contributed by atoms with Gasteiger partial charge in [0.05, 0.1) is 5.69 Å². The van der Waals surface area contributed by atoms with Crippen molar-refractivity contribution in [2.75, 3.05) is 17.2 Å². The molecule has 2 N–H and O–H groups in total. The molecule has 1 saturated heterocycles. The number of fused-ring (bicyclic) bond motifs is 1. The molecule has 2 atom stereocenters. The average molecular weight is 220 g/mol. The maximum atomic E-state index is 6.03. The minimum absolute atomic E-state index is 0.700. The van der Waals surface area contributed by atoms with Crippen LogP contribution in [0.25, 0.3) is 0 Å². The first-order valence-corrected chi connectivity index (χ1v) is 6.31. The van der Waals surface area contributed by atoms with Crippen molar-refractivity contribution >= 4 is 11.5 Å². The highest BCUT2D eigenvalue weighted by Crippen LogP contribution is 2.39. The van der Waals surface area contributed by atoms with Crippen molar-refractivity contribution in [3.8, 4) is 0 Å². The van der Waals surface area contributed by atoms with E-state index in [9.17, 15) is 0 Å². The minimum atomic E-state index is 0.700. The standard InChI is InChI=1S/C12H20N4/c1-15-8-10(13)12(14-15)16-7-3-5-9-4-2-6-11(9)16/h8-9,11H,2-7,13H2,1H3. The van der Waals surface area contributed by atoms with Crippen LogP contribution in [0.2, 0.25) is 0 Å². The van der Waals surface area contributed by atoms with E-state index in [4.69, 9.17) is 5.73 Å². The molecule has 0 amide bonds. The summed E-state index contributed by atoms with van der Waals surface area (Å²) in [4.78, 5) is 2.45. The van der Waals surface area contributed by atoms with E-state index < -0.39 is 0 Å². The summed E-state index contributed by atoms with van der Waals surface area (Å²) < 4.78 is 1.82. The fraction of sp³-hybridized carbons (Fsp3) is 0.750. The van der Waals surface area contributed by atoms with Crippen molar-refractivity contribution in [2.45, 2.75) is 38.1 Å². The first-order chi connectivity index (χ1) is 7.75. The van der Waals surface area contributed by atoms with Gasteiger partial charge in [-0.3, -0.25) is 4.68 Å². The van der Waals surface area contributed by atoms with Crippen LogP contribution < -0.4 is 10.6 Å². The third-order valence-electron chi connectivity index (χ3n) is 4.10. The molecular weight excluding hydrogens is 200 g/mol. The van der Waals surface area contributed by atoms with Crippen LogP contribution in [0.15, 0.2) is 6.20 Å². The molecule has 16 heavy (non-hydrogen) atoms. The van der Waals surface area contributed by atoms with E-state index in [1.165, 1.54) is 32.1 Å². The van der Waals surface area contributed by atoms with Crippen LogP contribution in [-0.2, 0) is 7.05 Å². The maximum absolute atomic E-state index is 6.03. The zero-order valence-electron chi connectivity index (χ0n) is 9.89. The quantitative estimate of drug-likeness (QED) is 0.784. The van der Waals surface area contributed by atoms with Crippen LogP contribution in [0, 0.1) is 5.92 Å². The number of hydrogen-bond donors (Lipinski definition) is 1. The Morgan fingerprint density at radius 3 is 2.88 bits per heavy atom. The fourth-order valence-electron chi connectivity index (χ4n) is 3.44. The van der Waals surface area contributed by atoms with Gasteiger partial charge in [0, 0.05) is 25.8 Å². The second-order valence-electron chi connectivity index (χ2n) is 5.18. The summed E-state index contributed by atoms with van der Waals surface area (Å²) in [5.41, 5.74) is 6.86. The smallest absolute Gasteiger partial charge is 0.174 e. The second-order valence-corrected chi connectivity index (χ2v) is 5.18. The largest absolute Gasteiger partial charge is 0.394 e. The normalized spacial score (nSPS) is 29.4. The van der Waals surface area contributed by atoms with E-state index in [0.29, 0.717) is 6.04 Å². The third-order valence-corrected chi connectivity index (χ3v) is 4.10. The van der Waals surface area contributed by atoms with Crippen molar-refractivity contribution in [1.29, 1.82) is 0 Å². The van der Waals surface area contributed by atoms with Crippen molar-refractivity contribution in [3.63, 3.8) is 0 Å². The molecule has 2 aliphatic rings. The lowest BCUT2D eigenvalue weighted by molar-refractivity contribution is 0.360. The number of aryl methyl sites for hydroxylation is 1. The third kappa shape index (κ3) is 1.47. The van der Waals surface area contributed by atoms with E-state index in [1.54, 1.807) is 0 Å². The molecule has 2 heterocycles. The van der Waals surface area contributed by atoms with Gasteiger partial charge in [-0.1, -0.05) is 6.42 Å². The van der Waals surface area contributed by atoms with Gasteiger partial charge in [0.1, 0.15) is 0 Å². The van der Waals surface area contributed by atoms with Crippen molar-refractivity contribution in [3.05, 3.63) is 6.20 Å². The molecule has 1 aromatic heterocycles. The van der Waals surface area contributed by atoms with E-state index in [1.807, 2.05) is 17.9 Å². The predicted octanol–water partition coefficient (Wildman–Crippen LogP) is 1.77. The summed E-state index contributed by atoms with van der Waals surface area (Å²) >= 11 is 0.